The summed E-state index contributed by atoms with van der Waals surface area (Å²) in [4.78, 5) is 14.1. The van der Waals surface area contributed by atoms with Gasteiger partial charge in [-0.05, 0) is 45.1 Å². The highest BCUT2D eigenvalue weighted by Crippen LogP contribution is 2.21. The standard InChI is InChI=1S/C16H30N2O2/c1-2-17-14-7-9-15(10-8-14)20-13-16(19)18-11-5-3-4-6-12-18/h14-15,17H,2-13H2,1H3. The van der Waals surface area contributed by atoms with Crippen molar-refractivity contribution in [1.29, 1.82) is 0 Å². The van der Waals surface area contributed by atoms with Gasteiger partial charge in [0.05, 0.1) is 6.10 Å². The Hall–Kier alpha value is -0.610. The molecule has 2 fully saturated rings. The Morgan fingerprint density at radius 1 is 1.10 bits per heavy atom. The molecule has 0 radical (unpaired) electrons. The van der Waals surface area contributed by atoms with Gasteiger partial charge in [-0.15, -0.1) is 0 Å². The van der Waals surface area contributed by atoms with Crippen molar-refractivity contribution >= 4 is 5.91 Å². The van der Waals surface area contributed by atoms with Gasteiger partial charge in [0.1, 0.15) is 6.61 Å². The molecule has 0 aromatic carbocycles. The van der Waals surface area contributed by atoms with Gasteiger partial charge in [-0.3, -0.25) is 4.79 Å². The summed E-state index contributed by atoms with van der Waals surface area (Å²) >= 11 is 0. The van der Waals surface area contributed by atoms with Crippen molar-refractivity contribution in [2.24, 2.45) is 0 Å². The molecule has 20 heavy (non-hydrogen) atoms. The molecule has 0 aromatic heterocycles. The topological polar surface area (TPSA) is 41.6 Å². The van der Waals surface area contributed by atoms with E-state index in [9.17, 15) is 4.79 Å². The number of carbonyl (C=O) groups excluding carboxylic acids is 1. The van der Waals surface area contributed by atoms with Gasteiger partial charge >= 0.3 is 0 Å². The molecule has 0 atom stereocenters. The molecule has 0 unspecified atom stereocenters. The van der Waals surface area contributed by atoms with Crippen LogP contribution in [0.15, 0.2) is 0 Å². The molecule has 1 saturated heterocycles. The zero-order valence-electron chi connectivity index (χ0n) is 12.9. The van der Waals surface area contributed by atoms with Gasteiger partial charge in [0, 0.05) is 19.1 Å². The van der Waals surface area contributed by atoms with E-state index in [2.05, 4.69) is 12.2 Å². The fourth-order valence-electron chi connectivity index (χ4n) is 3.32. The van der Waals surface area contributed by atoms with Gasteiger partial charge in [0.25, 0.3) is 0 Å². The molecule has 2 aliphatic rings. The predicted octanol–water partition coefficient (Wildman–Crippen LogP) is 2.33. The molecule has 1 N–H and O–H groups in total. The summed E-state index contributed by atoms with van der Waals surface area (Å²) in [5.74, 6) is 0.195. The van der Waals surface area contributed by atoms with Gasteiger partial charge in [-0.1, -0.05) is 19.8 Å². The maximum absolute atomic E-state index is 12.1. The van der Waals surface area contributed by atoms with Crippen LogP contribution in [0.4, 0.5) is 0 Å². The maximum Gasteiger partial charge on any atom is 0.248 e. The molecule has 0 bridgehead atoms. The normalized spacial score (nSPS) is 28.1. The lowest BCUT2D eigenvalue weighted by Gasteiger charge is -2.29. The highest BCUT2D eigenvalue weighted by molar-refractivity contribution is 5.77. The second-order valence-corrected chi connectivity index (χ2v) is 6.14. The van der Waals surface area contributed by atoms with E-state index in [0.29, 0.717) is 12.1 Å². The van der Waals surface area contributed by atoms with E-state index in [1.807, 2.05) is 4.90 Å². The molecule has 4 nitrogen and oxygen atoms in total. The first-order valence-corrected chi connectivity index (χ1v) is 8.42. The van der Waals surface area contributed by atoms with Crippen molar-refractivity contribution < 1.29 is 9.53 Å². The van der Waals surface area contributed by atoms with Crippen molar-refractivity contribution in [3.8, 4) is 0 Å². The molecule has 116 valence electrons. The van der Waals surface area contributed by atoms with Crippen LogP contribution < -0.4 is 5.32 Å². The number of likely N-dealkylation sites (tertiary alicyclic amines) is 1. The van der Waals surface area contributed by atoms with Crippen molar-refractivity contribution in [2.45, 2.75) is 70.4 Å². The van der Waals surface area contributed by atoms with E-state index < -0.39 is 0 Å². The second kappa shape index (κ2) is 8.63. The Bertz CT molecular complexity index is 280. The highest BCUT2D eigenvalue weighted by Gasteiger charge is 2.23. The molecule has 0 spiro atoms. The van der Waals surface area contributed by atoms with Crippen molar-refractivity contribution in [3.05, 3.63) is 0 Å². The molecule has 1 saturated carbocycles. The largest absolute Gasteiger partial charge is 0.368 e. The third-order valence-corrected chi connectivity index (χ3v) is 4.57. The van der Waals surface area contributed by atoms with Gasteiger partial charge in [-0.25, -0.2) is 0 Å². The number of ether oxygens (including phenoxy) is 1. The van der Waals surface area contributed by atoms with Gasteiger partial charge in [0.15, 0.2) is 0 Å². The zero-order chi connectivity index (χ0) is 14.2. The van der Waals surface area contributed by atoms with Crippen LogP contribution in [-0.2, 0) is 9.53 Å². The summed E-state index contributed by atoms with van der Waals surface area (Å²) in [6.45, 7) is 5.34. The number of nitrogens with one attached hydrogen (secondary N) is 1. The van der Waals surface area contributed by atoms with Gasteiger partial charge in [0.2, 0.25) is 5.91 Å². The van der Waals surface area contributed by atoms with Crippen LogP contribution in [0.3, 0.4) is 0 Å². The molecular weight excluding hydrogens is 252 g/mol. The Kier molecular flexibility index (Phi) is 6.80. The van der Waals surface area contributed by atoms with E-state index >= 15 is 0 Å². The Morgan fingerprint density at radius 2 is 1.75 bits per heavy atom. The minimum absolute atomic E-state index is 0.195. The highest BCUT2D eigenvalue weighted by atomic mass is 16.5. The molecule has 2 rings (SSSR count). The summed E-state index contributed by atoms with van der Waals surface area (Å²) in [6.07, 6.45) is 9.65. The third-order valence-electron chi connectivity index (χ3n) is 4.57. The second-order valence-electron chi connectivity index (χ2n) is 6.14. The summed E-state index contributed by atoms with van der Waals surface area (Å²) in [6, 6.07) is 0.654. The first kappa shape index (κ1) is 15.8. The minimum atomic E-state index is 0.195. The quantitative estimate of drug-likeness (QED) is 0.841. The zero-order valence-corrected chi connectivity index (χ0v) is 12.9. The minimum Gasteiger partial charge on any atom is -0.368 e. The summed E-state index contributed by atoms with van der Waals surface area (Å²) in [5.41, 5.74) is 0. The number of rotatable bonds is 5. The fraction of sp³-hybridized carbons (Fsp3) is 0.938. The number of carbonyl (C=O) groups is 1. The van der Waals surface area contributed by atoms with Crippen LogP contribution >= 0.6 is 0 Å². The van der Waals surface area contributed by atoms with E-state index in [0.717, 1.165) is 45.3 Å². The predicted molar refractivity (Wildman–Crippen MR) is 80.7 cm³/mol. The number of nitrogens with zero attached hydrogens (tertiary/aromatic N) is 1. The van der Waals surface area contributed by atoms with Crippen LogP contribution in [0.25, 0.3) is 0 Å². The average Bonchev–Trinajstić information content (AvgIpc) is 2.76. The van der Waals surface area contributed by atoms with Gasteiger partial charge < -0.3 is 15.0 Å². The maximum atomic E-state index is 12.1. The van der Waals surface area contributed by atoms with Crippen molar-refractivity contribution in [2.75, 3.05) is 26.2 Å². The number of hydrogen-bond donors (Lipinski definition) is 1. The van der Waals surface area contributed by atoms with Crippen molar-refractivity contribution in [1.82, 2.24) is 10.2 Å². The molecule has 1 aliphatic heterocycles. The first-order valence-electron chi connectivity index (χ1n) is 8.42. The first-order chi connectivity index (χ1) is 9.79. The van der Waals surface area contributed by atoms with Crippen LogP contribution in [0.1, 0.15) is 58.3 Å². The van der Waals surface area contributed by atoms with Crippen LogP contribution in [-0.4, -0.2) is 49.2 Å². The smallest absolute Gasteiger partial charge is 0.248 e. The van der Waals surface area contributed by atoms with Crippen molar-refractivity contribution in [3.63, 3.8) is 0 Å². The SMILES string of the molecule is CCNC1CCC(OCC(=O)N2CCCCCC2)CC1. The molecular formula is C16H30N2O2. The molecule has 4 heteroatoms. The van der Waals surface area contributed by atoms with E-state index in [4.69, 9.17) is 4.74 Å². The summed E-state index contributed by atoms with van der Waals surface area (Å²) < 4.78 is 5.85. The lowest BCUT2D eigenvalue weighted by atomic mass is 9.93. The summed E-state index contributed by atoms with van der Waals surface area (Å²) in [7, 11) is 0. The molecule has 1 aliphatic carbocycles. The molecule has 1 heterocycles. The van der Waals surface area contributed by atoms with E-state index in [-0.39, 0.29) is 12.5 Å². The van der Waals surface area contributed by atoms with Crippen LogP contribution in [0.2, 0.25) is 0 Å². The lowest BCUT2D eigenvalue weighted by molar-refractivity contribution is -0.138. The number of amides is 1. The average molecular weight is 282 g/mol. The Balaban J connectivity index is 1.63. The molecule has 1 amide bonds. The number of hydrogen-bond acceptors (Lipinski definition) is 3. The summed E-state index contributed by atoms with van der Waals surface area (Å²) in [5, 5.41) is 3.50. The lowest BCUT2D eigenvalue weighted by Crippen LogP contribution is -2.38. The van der Waals surface area contributed by atoms with Crippen LogP contribution in [0.5, 0.6) is 0 Å². The molecule has 0 aromatic rings. The Morgan fingerprint density at radius 3 is 2.35 bits per heavy atom. The van der Waals surface area contributed by atoms with Crippen LogP contribution in [0, 0.1) is 0 Å². The van der Waals surface area contributed by atoms with Gasteiger partial charge in [-0.2, -0.15) is 0 Å². The van der Waals surface area contributed by atoms with E-state index in [1.165, 1.54) is 25.7 Å². The monoisotopic (exact) mass is 282 g/mol. The fourth-order valence-corrected chi connectivity index (χ4v) is 3.32. The van der Waals surface area contributed by atoms with E-state index in [1.54, 1.807) is 0 Å². The third kappa shape index (κ3) is 5.06. The Labute approximate surface area is 123 Å².